The van der Waals surface area contributed by atoms with Crippen LogP contribution < -0.4 is 5.32 Å². The third kappa shape index (κ3) is 4.49. The van der Waals surface area contributed by atoms with Crippen LogP contribution >= 0.6 is 0 Å². The molecule has 1 aromatic rings. The van der Waals surface area contributed by atoms with E-state index >= 15 is 0 Å². The highest BCUT2D eigenvalue weighted by molar-refractivity contribution is 7.88. The molecule has 2 atom stereocenters. The predicted octanol–water partition coefficient (Wildman–Crippen LogP) is 2.15. The van der Waals surface area contributed by atoms with Crippen molar-refractivity contribution in [1.82, 2.24) is 9.62 Å². The number of rotatable bonds is 5. The lowest BCUT2D eigenvalue weighted by Gasteiger charge is -2.31. The van der Waals surface area contributed by atoms with Crippen LogP contribution in [-0.4, -0.2) is 38.6 Å². The topological polar surface area (TPSA) is 49.4 Å². The van der Waals surface area contributed by atoms with Crippen LogP contribution in [0.2, 0.25) is 0 Å². The lowest BCUT2D eigenvalue weighted by molar-refractivity contribution is 0.256. The Hall–Kier alpha value is -0.980. The van der Waals surface area contributed by atoms with Crippen molar-refractivity contribution in [3.63, 3.8) is 0 Å². The molecule has 1 heterocycles. The van der Waals surface area contributed by atoms with Crippen LogP contribution in [0.4, 0.5) is 4.39 Å². The van der Waals surface area contributed by atoms with E-state index in [2.05, 4.69) is 5.32 Å². The first-order valence-corrected chi connectivity index (χ1v) is 9.15. The summed E-state index contributed by atoms with van der Waals surface area (Å²) in [5, 5.41) is 3.32. The quantitative estimate of drug-likeness (QED) is 0.906. The van der Waals surface area contributed by atoms with Crippen LogP contribution in [0.3, 0.4) is 0 Å². The normalized spacial score (nSPS) is 22.1. The molecule has 21 heavy (non-hydrogen) atoms. The lowest BCUT2D eigenvalue weighted by atomic mass is 9.98. The zero-order chi connectivity index (χ0) is 15.5. The first kappa shape index (κ1) is 16.4. The summed E-state index contributed by atoms with van der Waals surface area (Å²) in [5.41, 5.74) is 0.647. The Morgan fingerprint density at radius 2 is 2.14 bits per heavy atom. The molecule has 118 valence electrons. The van der Waals surface area contributed by atoms with E-state index in [1.807, 2.05) is 13.0 Å². The van der Waals surface area contributed by atoms with Crippen LogP contribution in [0, 0.1) is 11.7 Å². The van der Waals surface area contributed by atoms with Crippen LogP contribution in [0.25, 0.3) is 0 Å². The van der Waals surface area contributed by atoms with Crippen molar-refractivity contribution in [1.29, 1.82) is 0 Å². The average Bonchev–Trinajstić information content (AvgIpc) is 2.45. The van der Waals surface area contributed by atoms with E-state index in [0.29, 0.717) is 25.2 Å². The summed E-state index contributed by atoms with van der Waals surface area (Å²) in [6.07, 6.45) is 3.14. The van der Waals surface area contributed by atoms with Gasteiger partial charge >= 0.3 is 0 Å². The second-order valence-electron chi connectivity index (χ2n) is 5.78. The van der Waals surface area contributed by atoms with Crippen LogP contribution in [-0.2, 0) is 10.0 Å². The smallest absolute Gasteiger partial charge is 0.211 e. The third-order valence-electron chi connectivity index (χ3n) is 4.04. The monoisotopic (exact) mass is 314 g/mol. The molecule has 0 spiro atoms. The summed E-state index contributed by atoms with van der Waals surface area (Å²) in [4.78, 5) is 0. The minimum absolute atomic E-state index is 0.0835. The lowest BCUT2D eigenvalue weighted by Crippen LogP contribution is -2.42. The van der Waals surface area contributed by atoms with Crippen molar-refractivity contribution >= 4 is 10.0 Å². The highest BCUT2D eigenvalue weighted by atomic mass is 32.2. The van der Waals surface area contributed by atoms with Crippen molar-refractivity contribution in [2.45, 2.75) is 25.8 Å². The largest absolute Gasteiger partial charge is 0.310 e. The number of benzene rings is 1. The van der Waals surface area contributed by atoms with Crippen molar-refractivity contribution in [2.24, 2.45) is 5.92 Å². The molecule has 1 aliphatic rings. The molecular formula is C15H23FN2O2S. The van der Waals surface area contributed by atoms with Gasteiger partial charge in [0.1, 0.15) is 5.82 Å². The van der Waals surface area contributed by atoms with Crippen molar-refractivity contribution in [2.75, 3.05) is 25.9 Å². The van der Waals surface area contributed by atoms with Gasteiger partial charge in [0.05, 0.1) is 6.26 Å². The predicted molar refractivity (Wildman–Crippen MR) is 82.0 cm³/mol. The Morgan fingerprint density at radius 1 is 1.43 bits per heavy atom. The second kappa shape index (κ2) is 6.85. The molecule has 6 heteroatoms. The fourth-order valence-electron chi connectivity index (χ4n) is 2.77. The summed E-state index contributed by atoms with van der Waals surface area (Å²) in [5.74, 6) is 0.0709. The fourth-order valence-corrected chi connectivity index (χ4v) is 3.72. The van der Waals surface area contributed by atoms with Gasteiger partial charge < -0.3 is 5.32 Å². The van der Waals surface area contributed by atoms with Gasteiger partial charge in [0, 0.05) is 24.7 Å². The van der Waals surface area contributed by atoms with Gasteiger partial charge in [0.25, 0.3) is 0 Å². The van der Waals surface area contributed by atoms with Gasteiger partial charge in [-0.15, -0.1) is 0 Å². The third-order valence-corrected chi connectivity index (χ3v) is 5.30. The number of halogens is 1. The minimum atomic E-state index is -3.11. The molecule has 4 nitrogen and oxygen atoms in total. The van der Waals surface area contributed by atoms with Gasteiger partial charge in [-0.3, -0.25) is 0 Å². The zero-order valence-corrected chi connectivity index (χ0v) is 13.4. The number of hydrogen-bond acceptors (Lipinski definition) is 3. The molecule has 0 radical (unpaired) electrons. The van der Waals surface area contributed by atoms with Crippen LogP contribution in [0.5, 0.6) is 0 Å². The first-order valence-electron chi connectivity index (χ1n) is 7.31. The maximum Gasteiger partial charge on any atom is 0.211 e. The van der Waals surface area contributed by atoms with E-state index < -0.39 is 10.0 Å². The number of hydrogen-bond donors (Lipinski definition) is 1. The maximum absolute atomic E-state index is 13.7. The summed E-state index contributed by atoms with van der Waals surface area (Å²) >= 11 is 0. The zero-order valence-electron chi connectivity index (χ0n) is 12.5. The number of piperidine rings is 1. The standard InChI is InChI=1S/C15H23FN2O2S/c1-12(14-7-3-4-8-15(14)16)17-10-13-6-5-9-18(11-13)21(2,19)20/h3-4,7-8,12-13,17H,5-6,9-11H2,1-2H3. The van der Waals surface area contributed by atoms with Crippen LogP contribution in [0.15, 0.2) is 24.3 Å². The summed E-state index contributed by atoms with van der Waals surface area (Å²) in [6.45, 7) is 3.78. The van der Waals surface area contributed by atoms with E-state index in [1.54, 1.807) is 12.1 Å². The summed E-state index contributed by atoms with van der Waals surface area (Å²) in [7, 11) is -3.11. The molecule has 1 fully saturated rings. The minimum Gasteiger partial charge on any atom is -0.310 e. The summed E-state index contributed by atoms with van der Waals surface area (Å²) in [6, 6.07) is 6.65. The molecule has 1 N–H and O–H groups in total. The Morgan fingerprint density at radius 3 is 2.81 bits per heavy atom. The van der Waals surface area contributed by atoms with E-state index in [9.17, 15) is 12.8 Å². The van der Waals surface area contributed by atoms with Gasteiger partial charge in [-0.2, -0.15) is 0 Å². The van der Waals surface area contributed by atoms with E-state index in [4.69, 9.17) is 0 Å². The van der Waals surface area contributed by atoms with Crippen molar-refractivity contribution < 1.29 is 12.8 Å². The second-order valence-corrected chi connectivity index (χ2v) is 7.76. The van der Waals surface area contributed by atoms with Gasteiger partial charge in [-0.05, 0) is 38.3 Å². The van der Waals surface area contributed by atoms with Gasteiger partial charge in [0.2, 0.25) is 10.0 Å². The molecule has 0 amide bonds. The SMILES string of the molecule is CC(NCC1CCCN(S(C)(=O)=O)C1)c1ccccc1F. The molecule has 2 rings (SSSR count). The van der Waals surface area contributed by atoms with Gasteiger partial charge in [-0.25, -0.2) is 17.1 Å². The molecule has 2 unspecified atom stereocenters. The molecule has 0 aromatic heterocycles. The van der Waals surface area contributed by atoms with Gasteiger partial charge in [-0.1, -0.05) is 18.2 Å². The number of nitrogens with one attached hydrogen (secondary N) is 1. The highest BCUT2D eigenvalue weighted by Gasteiger charge is 2.26. The van der Waals surface area contributed by atoms with Crippen molar-refractivity contribution in [3.05, 3.63) is 35.6 Å². The Bertz CT molecular complexity index is 577. The molecule has 1 aromatic carbocycles. The first-order chi connectivity index (χ1) is 9.88. The maximum atomic E-state index is 13.7. The number of nitrogens with zero attached hydrogens (tertiary/aromatic N) is 1. The molecule has 0 aliphatic carbocycles. The highest BCUT2D eigenvalue weighted by Crippen LogP contribution is 2.20. The van der Waals surface area contributed by atoms with Gasteiger partial charge in [0.15, 0.2) is 0 Å². The molecular weight excluding hydrogens is 291 g/mol. The number of sulfonamides is 1. The molecule has 0 saturated carbocycles. The van der Waals surface area contributed by atoms with E-state index in [0.717, 1.165) is 12.8 Å². The van der Waals surface area contributed by atoms with Crippen LogP contribution in [0.1, 0.15) is 31.4 Å². The van der Waals surface area contributed by atoms with E-state index in [1.165, 1.54) is 16.6 Å². The average molecular weight is 314 g/mol. The Kier molecular flexibility index (Phi) is 5.35. The Labute approximate surface area is 126 Å². The fraction of sp³-hybridized carbons (Fsp3) is 0.600. The molecule has 0 bridgehead atoms. The van der Waals surface area contributed by atoms with Crippen molar-refractivity contribution in [3.8, 4) is 0 Å². The molecule has 1 saturated heterocycles. The molecule has 1 aliphatic heterocycles. The summed E-state index contributed by atoms with van der Waals surface area (Å²) < 4.78 is 38.4. The van der Waals surface area contributed by atoms with E-state index in [-0.39, 0.29) is 17.8 Å². The Balaban J connectivity index is 1.90.